The number of nitro benzene ring substituents is 2. The number of nitrogens with zero attached hydrogens (tertiary/aromatic N) is 12. The smallest absolute Gasteiger partial charge is 0.744 e. The number of rotatable bonds is 14. The van der Waals surface area contributed by atoms with Gasteiger partial charge in [0.15, 0.2) is 11.5 Å². The molecule has 0 aliphatic heterocycles. The van der Waals surface area contributed by atoms with E-state index < -0.39 is 182 Å². The zero-order chi connectivity index (χ0) is 59.1. The van der Waals surface area contributed by atoms with Crippen LogP contribution in [0.4, 0.5) is 69.3 Å². The number of benzene rings is 6. The molecule has 0 saturated carbocycles. The number of nitro groups is 2. The minimum atomic E-state index is -5.46. The molecule has 0 aliphatic rings. The van der Waals surface area contributed by atoms with Crippen LogP contribution in [0, 0.1) is 20.2 Å². The quantitative estimate of drug-likeness (QED) is 0.0165. The Balaban J connectivity index is 0.000000804. The van der Waals surface area contributed by atoms with Crippen molar-refractivity contribution in [2.24, 2.45) is 20.5 Å². The van der Waals surface area contributed by atoms with Crippen LogP contribution in [0.1, 0.15) is 0 Å². The van der Waals surface area contributed by atoms with Crippen molar-refractivity contribution in [1.29, 1.82) is 0 Å². The van der Waals surface area contributed by atoms with Crippen LogP contribution in [-0.4, -0.2) is 112 Å². The monoisotopic (exact) mass is 1390 g/mol. The van der Waals surface area contributed by atoms with Crippen LogP contribution in [0.2, 0.25) is 10.6 Å². The number of anilines is 6. The Bertz CT molecular complexity index is 4220. The Kier molecular flexibility index (Phi) is 29.5. The molecule has 0 spiro atoms. The van der Waals surface area contributed by atoms with Gasteiger partial charge in [0.05, 0.1) is 40.8 Å². The Labute approximate surface area is 612 Å². The van der Waals surface area contributed by atoms with Crippen LogP contribution >= 0.6 is 23.2 Å². The fraction of sp³-hybridized carbons (Fsp3) is 0. The Morgan fingerprint density at radius 3 is 1.08 bits per heavy atom. The zero-order valence-corrected chi connectivity index (χ0v) is 59.6. The number of hydrogen-bond donors (Lipinski definition) is 8. The van der Waals surface area contributed by atoms with Crippen molar-refractivity contribution in [3.05, 3.63) is 104 Å². The van der Waals surface area contributed by atoms with Crippen molar-refractivity contribution in [2.45, 2.75) is 19.6 Å². The number of azo groups is 2. The maximum Gasteiger partial charge on any atom is 1.00 e. The molecule has 86 heavy (non-hydrogen) atoms. The third kappa shape index (κ3) is 19.5. The number of aromatic hydroxyl groups is 4. The maximum atomic E-state index is 12.0. The summed E-state index contributed by atoms with van der Waals surface area (Å²) in [6, 6.07) is 9.26. The van der Waals surface area contributed by atoms with Crippen molar-refractivity contribution < 1.29 is 247 Å². The van der Waals surface area contributed by atoms with Crippen LogP contribution < -0.4 is 170 Å². The second kappa shape index (κ2) is 31.6. The van der Waals surface area contributed by atoms with Crippen molar-refractivity contribution in [3.63, 3.8) is 0 Å². The molecular formula is C38H22Cl2CrN16Na5O20S4+. The van der Waals surface area contributed by atoms with E-state index >= 15 is 0 Å². The molecule has 422 valence electrons. The van der Waals surface area contributed by atoms with Gasteiger partial charge in [-0.3, -0.25) is 20.2 Å². The molecule has 10 N–H and O–H groups in total. The Morgan fingerprint density at radius 1 is 0.477 bits per heavy atom. The van der Waals surface area contributed by atoms with Gasteiger partial charge in [0, 0.05) is 52.4 Å². The minimum Gasteiger partial charge on any atom is -0.744 e. The number of hydrogen-bond acceptors (Lipinski definition) is 34. The number of nitrogens with two attached hydrogens (primary N) is 2. The summed E-state index contributed by atoms with van der Waals surface area (Å²) >= 11 is 11.5. The number of nitrogens with one attached hydrogen (secondary N) is 2. The molecule has 0 radical (unpaired) electrons. The van der Waals surface area contributed by atoms with Crippen molar-refractivity contribution in [1.82, 2.24) is 29.9 Å². The summed E-state index contributed by atoms with van der Waals surface area (Å²) in [5.74, 6) is -4.97. The van der Waals surface area contributed by atoms with E-state index in [0.717, 1.165) is 48.5 Å². The summed E-state index contributed by atoms with van der Waals surface area (Å²) in [6.45, 7) is 0. The predicted octanol–water partition coefficient (Wildman–Crippen LogP) is -9.89. The average molecular weight is 1390 g/mol. The van der Waals surface area contributed by atoms with Gasteiger partial charge in [0.25, 0.3) is 11.4 Å². The zero-order valence-electron chi connectivity index (χ0n) is 43.6. The second-order valence-electron chi connectivity index (χ2n) is 15.2. The van der Waals surface area contributed by atoms with Gasteiger partial charge in [-0.1, -0.05) is 0 Å². The van der Waals surface area contributed by atoms with E-state index in [1.165, 1.54) is 0 Å². The van der Waals surface area contributed by atoms with Crippen LogP contribution in [0.25, 0.3) is 21.5 Å². The van der Waals surface area contributed by atoms with Gasteiger partial charge >= 0.3 is 148 Å². The molecule has 6 aromatic carbocycles. The van der Waals surface area contributed by atoms with Gasteiger partial charge in [-0.15, -0.1) is 20.5 Å². The summed E-state index contributed by atoms with van der Waals surface area (Å²) < 4.78 is 143. The fourth-order valence-corrected chi connectivity index (χ4v) is 9.37. The third-order valence-electron chi connectivity index (χ3n) is 9.96. The van der Waals surface area contributed by atoms with E-state index in [1.54, 1.807) is 0 Å². The molecule has 0 fully saturated rings. The van der Waals surface area contributed by atoms with Gasteiger partial charge in [-0.25, -0.2) is 33.7 Å². The first kappa shape index (κ1) is 80.0. The van der Waals surface area contributed by atoms with Crippen molar-refractivity contribution in [3.8, 4) is 23.0 Å². The molecule has 2 heterocycles. The molecule has 0 bridgehead atoms. The molecule has 8 rings (SSSR count). The molecule has 2 aromatic heterocycles. The summed E-state index contributed by atoms with van der Waals surface area (Å²) in [5, 5.41) is 80.6. The van der Waals surface area contributed by atoms with E-state index in [2.05, 4.69) is 61.0 Å². The number of phenolic OH excluding ortho intramolecular Hbond substituents is 4. The van der Waals surface area contributed by atoms with Gasteiger partial charge in [0.1, 0.15) is 74.7 Å². The van der Waals surface area contributed by atoms with E-state index in [9.17, 15) is 92.5 Å². The van der Waals surface area contributed by atoms with Gasteiger partial charge in [0.2, 0.25) is 34.4 Å². The fourth-order valence-electron chi connectivity index (χ4n) is 6.68. The average Bonchev–Trinajstić information content (AvgIpc) is 1.25. The van der Waals surface area contributed by atoms with E-state index in [0.29, 0.717) is 24.3 Å². The molecule has 48 heteroatoms. The Hall–Kier alpha value is -3.99. The van der Waals surface area contributed by atoms with Crippen molar-refractivity contribution >= 4 is 155 Å². The molecule has 0 amide bonds. The van der Waals surface area contributed by atoms with E-state index in [-0.39, 0.29) is 177 Å². The first-order valence-electron chi connectivity index (χ1n) is 20.3. The molecule has 0 atom stereocenters. The van der Waals surface area contributed by atoms with Gasteiger partial charge < -0.3 is 60.7 Å². The topological polar surface area (TPSA) is 599 Å². The van der Waals surface area contributed by atoms with Crippen LogP contribution in [0.5, 0.6) is 23.0 Å². The number of fused-ring (bicyclic) bond motifs is 2. The van der Waals surface area contributed by atoms with E-state index in [4.69, 9.17) is 34.7 Å². The summed E-state index contributed by atoms with van der Waals surface area (Å²) in [5.41, 5.74) is 6.05. The Morgan fingerprint density at radius 2 is 0.802 bits per heavy atom. The number of phenols is 4. The summed E-state index contributed by atoms with van der Waals surface area (Å²) in [6.07, 6.45) is 0. The predicted molar refractivity (Wildman–Crippen MR) is 266 cm³/mol. The maximum absolute atomic E-state index is 12.0. The summed E-state index contributed by atoms with van der Waals surface area (Å²) in [4.78, 5) is 38.1. The molecule has 8 aromatic rings. The van der Waals surface area contributed by atoms with E-state index in [1.807, 2.05) is 0 Å². The van der Waals surface area contributed by atoms with Crippen LogP contribution in [-0.2, 0) is 57.8 Å². The van der Waals surface area contributed by atoms with Gasteiger partial charge in [-0.2, -0.15) is 29.9 Å². The van der Waals surface area contributed by atoms with Gasteiger partial charge in [-0.05, 0) is 82.5 Å². The number of aromatic nitrogens is 6. The van der Waals surface area contributed by atoms with Crippen molar-refractivity contribution in [2.75, 3.05) is 22.1 Å². The largest absolute Gasteiger partial charge is 1.00 e. The number of halogens is 2. The normalized spacial score (nSPS) is 11.3. The molecule has 0 unspecified atom stereocenters. The second-order valence-corrected chi connectivity index (χ2v) is 21.3. The molecular weight excluding hydrogens is 1370 g/mol. The SMILES string of the molecule is Nc1nc(Cl)nc(Nc2cc(S(=O)(=O)[O-])cc3cc(S(=O)(=O)[O-])c(N=Nc4cc([N+](=O)[O-])ccc4O)c(O)c23)n1.Nc1nc(Cl)nc(Nc2cc(S(=O)(=O)[O-])cc3cc(S(=O)(=O)[O-])c(N=Nc4cc([N+](=O)[O-])ccc4O)c(O)c23)n1.[Cr].[Na+].[Na+].[Na+].[Na+].[Na+]. The first-order chi connectivity index (χ1) is 37.1. The molecule has 36 nitrogen and oxygen atoms in total. The number of nitrogen functional groups attached to an aromatic ring is 2. The molecule has 0 saturated heterocycles. The number of non-ortho nitro benzene ring substituents is 2. The standard InChI is InChI=1S/2C19H13ClN8O10S2.Cr.5Na/c2*20-17-23-18(21)25-19(24-17)22-11-6-9(39(33,34)35)3-7-4-13(40(36,37)38)15(16(30)14(7)11)27-26-10-5-8(28(31)32)1-2-12(10)29;;;;;;/h2*1-6,29-30H,(H,33,34,35)(H,36,37,38)(H3,21,22,23,24,25);;;;;;/q;;;5*+1/p-4. The third-order valence-corrected chi connectivity index (χ3v) is 13.6. The first-order valence-corrected chi connectivity index (χ1v) is 26.7. The minimum absolute atomic E-state index is 0. The van der Waals surface area contributed by atoms with Crippen LogP contribution in [0.15, 0.2) is 113 Å². The summed E-state index contributed by atoms with van der Waals surface area (Å²) in [7, 11) is -21.3. The molecule has 0 aliphatic carbocycles. The van der Waals surface area contributed by atoms with Crippen LogP contribution in [0.3, 0.4) is 0 Å².